The van der Waals surface area contributed by atoms with Crippen molar-refractivity contribution in [2.45, 2.75) is 38.8 Å². The molecule has 2 atom stereocenters. The number of amides is 3. The highest BCUT2D eigenvalue weighted by molar-refractivity contribution is 6.00. The summed E-state index contributed by atoms with van der Waals surface area (Å²) in [6.45, 7) is 4.47. The Balaban J connectivity index is 2.13. The van der Waals surface area contributed by atoms with Gasteiger partial charge in [0.05, 0.1) is 12.2 Å². The molecule has 0 saturated carbocycles. The largest absolute Gasteiger partial charge is 0.493 e. The van der Waals surface area contributed by atoms with E-state index in [2.05, 4.69) is 5.32 Å². The second kappa shape index (κ2) is 8.69. The predicted octanol–water partition coefficient (Wildman–Crippen LogP) is 1.28. The van der Waals surface area contributed by atoms with Crippen LogP contribution in [0.3, 0.4) is 0 Å². The molecule has 0 spiro atoms. The molecule has 0 unspecified atom stereocenters. The number of nitrogens with zero attached hydrogens (tertiary/aromatic N) is 2. The third kappa shape index (κ3) is 4.33. The lowest BCUT2D eigenvalue weighted by molar-refractivity contribution is -0.135. The van der Waals surface area contributed by atoms with Gasteiger partial charge in [0.1, 0.15) is 17.8 Å². The Morgan fingerprint density at radius 1 is 1.31 bits per heavy atom. The van der Waals surface area contributed by atoms with Gasteiger partial charge in [0.25, 0.3) is 5.91 Å². The van der Waals surface area contributed by atoms with Crippen LogP contribution in [0, 0.1) is 0 Å². The number of hydrogen-bond acceptors (Lipinski definition) is 4. The molecule has 0 radical (unpaired) electrons. The van der Waals surface area contributed by atoms with Gasteiger partial charge in [-0.05, 0) is 38.8 Å². The fourth-order valence-corrected chi connectivity index (χ4v) is 3.12. The van der Waals surface area contributed by atoms with Crippen molar-refractivity contribution in [3.63, 3.8) is 0 Å². The van der Waals surface area contributed by atoms with E-state index < -0.39 is 12.1 Å². The summed E-state index contributed by atoms with van der Waals surface area (Å²) in [6.07, 6.45) is 1.33. The Hall–Kier alpha value is -2.57. The van der Waals surface area contributed by atoms with Crippen LogP contribution in [0.15, 0.2) is 24.3 Å². The summed E-state index contributed by atoms with van der Waals surface area (Å²) >= 11 is 0. The van der Waals surface area contributed by atoms with Crippen LogP contribution in [0.1, 0.15) is 37.0 Å². The molecular weight excluding hydrogens is 334 g/mol. The highest BCUT2D eigenvalue weighted by Gasteiger charge is 2.36. The first kappa shape index (κ1) is 19.8. The minimum Gasteiger partial charge on any atom is -0.493 e. The summed E-state index contributed by atoms with van der Waals surface area (Å²) in [4.78, 5) is 40.6. The van der Waals surface area contributed by atoms with Crippen LogP contribution in [0.5, 0.6) is 5.75 Å². The van der Waals surface area contributed by atoms with Crippen molar-refractivity contribution in [1.82, 2.24) is 15.1 Å². The maximum absolute atomic E-state index is 13.0. The number of para-hydroxylation sites is 1. The lowest BCUT2D eigenvalue weighted by atomic mass is 10.1. The number of hydrogen-bond donors (Lipinski definition) is 1. The van der Waals surface area contributed by atoms with Gasteiger partial charge >= 0.3 is 0 Å². The van der Waals surface area contributed by atoms with Crippen molar-refractivity contribution in [1.29, 1.82) is 0 Å². The van der Waals surface area contributed by atoms with Crippen molar-refractivity contribution < 1.29 is 19.1 Å². The fraction of sp³-hybridized carbons (Fsp3) is 0.526. The van der Waals surface area contributed by atoms with Gasteiger partial charge in [-0.15, -0.1) is 0 Å². The fourth-order valence-electron chi connectivity index (χ4n) is 3.12. The van der Waals surface area contributed by atoms with Crippen LogP contribution >= 0.6 is 0 Å². The van der Waals surface area contributed by atoms with Gasteiger partial charge in [-0.1, -0.05) is 12.1 Å². The van der Waals surface area contributed by atoms with Gasteiger partial charge in [-0.25, -0.2) is 0 Å². The van der Waals surface area contributed by atoms with Crippen molar-refractivity contribution in [2.75, 3.05) is 27.2 Å². The minimum absolute atomic E-state index is 0.184. The first-order chi connectivity index (χ1) is 12.4. The number of carbonyl (C=O) groups is 3. The van der Waals surface area contributed by atoms with Gasteiger partial charge in [0.2, 0.25) is 11.8 Å². The summed E-state index contributed by atoms with van der Waals surface area (Å²) in [7, 11) is 3.28. The Morgan fingerprint density at radius 2 is 2.00 bits per heavy atom. The van der Waals surface area contributed by atoms with Crippen LogP contribution in [0.4, 0.5) is 0 Å². The molecule has 0 aliphatic carbocycles. The minimum atomic E-state index is -0.634. The number of likely N-dealkylation sites (tertiary alicyclic amines) is 1. The molecule has 3 amide bonds. The second-order valence-corrected chi connectivity index (χ2v) is 6.55. The molecule has 7 nitrogen and oxygen atoms in total. The summed E-state index contributed by atoms with van der Waals surface area (Å²) in [5.41, 5.74) is 0.450. The van der Waals surface area contributed by atoms with Crippen molar-refractivity contribution in [2.24, 2.45) is 0 Å². The molecule has 1 saturated heterocycles. The highest BCUT2D eigenvalue weighted by Crippen LogP contribution is 2.25. The maximum atomic E-state index is 13.0. The quantitative estimate of drug-likeness (QED) is 0.828. The Labute approximate surface area is 154 Å². The van der Waals surface area contributed by atoms with Gasteiger partial charge < -0.3 is 19.9 Å². The van der Waals surface area contributed by atoms with Crippen LogP contribution in [0.25, 0.3) is 0 Å². The number of nitrogens with one attached hydrogen (secondary N) is 1. The molecule has 1 aromatic rings. The molecule has 2 rings (SSSR count). The first-order valence-corrected chi connectivity index (χ1v) is 8.91. The zero-order chi connectivity index (χ0) is 19.3. The maximum Gasteiger partial charge on any atom is 0.258 e. The molecule has 1 heterocycles. The van der Waals surface area contributed by atoms with Crippen molar-refractivity contribution >= 4 is 17.7 Å². The Morgan fingerprint density at radius 3 is 2.65 bits per heavy atom. The molecule has 1 aromatic carbocycles. The van der Waals surface area contributed by atoms with E-state index in [-0.39, 0.29) is 17.7 Å². The number of rotatable bonds is 6. The van der Waals surface area contributed by atoms with Crippen molar-refractivity contribution in [3.05, 3.63) is 29.8 Å². The Kier molecular flexibility index (Phi) is 6.60. The number of benzene rings is 1. The van der Waals surface area contributed by atoms with E-state index in [1.165, 1.54) is 4.90 Å². The average molecular weight is 361 g/mol. The third-order valence-electron chi connectivity index (χ3n) is 4.40. The monoisotopic (exact) mass is 361 g/mol. The van der Waals surface area contributed by atoms with Crippen molar-refractivity contribution in [3.8, 4) is 5.75 Å². The van der Waals surface area contributed by atoms with E-state index >= 15 is 0 Å². The second-order valence-electron chi connectivity index (χ2n) is 6.55. The summed E-state index contributed by atoms with van der Waals surface area (Å²) in [6, 6.07) is 5.84. The molecule has 26 heavy (non-hydrogen) atoms. The molecule has 1 aliphatic heterocycles. The highest BCUT2D eigenvalue weighted by atomic mass is 16.5. The zero-order valence-corrected chi connectivity index (χ0v) is 15.8. The molecule has 0 aromatic heterocycles. The van der Waals surface area contributed by atoms with Gasteiger partial charge in [-0.2, -0.15) is 0 Å². The summed E-state index contributed by atoms with van der Waals surface area (Å²) < 4.78 is 5.54. The van der Waals surface area contributed by atoms with Crippen LogP contribution in [-0.4, -0.2) is 66.9 Å². The van der Waals surface area contributed by atoms with Crippen LogP contribution in [-0.2, 0) is 9.59 Å². The number of carbonyl (C=O) groups excluding carboxylic acids is 3. The molecule has 0 bridgehead atoms. The van der Waals surface area contributed by atoms with E-state index in [1.807, 2.05) is 13.0 Å². The lowest BCUT2D eigenvalue weighted by Crippen LogP contribution is -2.51. The lowest BCUT2D eigenvalue weighted by Gasteiger charge is -2.26. The molecule has 1 fully saturated rings. The average Bonchev–Trinajstić information content (AvgIpc) is 3.11. The normalized spacial score (nSPS) is 17.5. The third-order valence-corrected chi connectivity index (χ3v) is 4.40. The number of likely N-dealkylation sites (N-methyl/N-ethyl adjacent to an activating group) is 1. The molecule has 1 N–H and O–H groups in total. The number of ether oxygens (including phenoxy) is 1. The van der Waals surface area contributed by atoms with E-state index in [9.17, 15) is 14.4 Å². The van der Waals surface area contributed by atoms with Crippen LogP contribution in [0.2, 0.25) is 0 Å². The Bertz CT molecular complexity index is 675. The zero-order valence-electron chi connectivity index (χ0n) is 15.8. The van der Waals surface area contributed by atoms with E-state index in [1.54, 1.807) is 44.1 Å². The van der Waals surface area contributed by atoms with E-state index in [4.69, 9.17) is 4.74 Å². The molecule has 7 heteroatoms. The summed E-state index contributed by atoms with van der Waals surface area (Å²) in [5.74, 6) is -0.191. The smallest absolute Gasteiger partial charge is 0.258 e. The standard InChI is InChI=1S/C19H27N3O4/c1-5-26-16-11-7-6-9-14(16)19(25)22-12-8-10-15(22)17(23)20-13(2)18(24)21(3)4/h6-7,9,11,13,15H,5,8,10,12H2,1-4H3,(H,20,23)/t13-,15-/m1/s1. The summed E-state index contributed by atoms with van der Waals surface area (Å²) in [5, 5.41) is 2.72. The van der Waals surface area contributed by atoms with E-state index in [0.717, 1.165) is 6.42 Å². The van der Waals surface area contributed by atoms with Gasteiger partial charge in [0, 0.05) is 20.6 Å². The topological polar surface area (TPSA) is 79.0 Å². The molecule has 142 valence electrons. The predicted molar refractivity (Wildman–Crippen MR) is 98.0 cm³/mol. The molecular formula is C19H27N3O4. The first-order valence-electron chi connectivity index (χ1n) is 8.91. The van der Waals surface area contributed by atoms with Gasteiger partial charge in [0.15, 0.2) is 0 Å². The molecule has 1 aliphatic rings. The van der Waals surface area contributed by atoms with E-state index in [0.29, 0.717) is 30.9 Å². The van der Waals surface area contributed by atoms with Gasteiger partial charge in [-0.3, -0.25) is 14.4 Å². The van der Waals surface area contributed by atoms with Crippen LogP contribution < -0.4 is 10.1 Å². The SMILES string of the molecule is CCOc1ccccc1C(=O)N1CCC[C@@H]1C(=O)N[C@H](C)C(=O)N(C)C.